The standard InChI is InChI=1S/C22H25N3O3S/c1-13(26)9-15-7-8-25(11-15)22-21-20(23-12-24-22)19(14(2)29-21)16-5-6-17(27-3)18(10-16)28-4/h5-6,10,12,15H,7-9,11H2,1-4H3/t15-/m0/s1. The van der Waals surface area contributed by atoms with Gasteiger partial charge in [-0.05, 0) is 43.9 Å². The Balaban J connectivity index is 1.75. The van der Waals surface area contributed by atoms with Gasteiger partial charge in [0, 0.05) is 30.0 Å². The summed E-state index contributed by atoms with van der Waals surface area (Å²) in [7, 11) is 3.28. The van der Waals surface area contributed by atoms with Crippen LogP contribution in [0.3, 0.4) is 0 Å². The molecule has 4 rings (SSSR count). The molecule has 1 aliphatic rings. The first-order chi connectivity index (χ1) is 14.0. The smallest absolute Gasteiger partial charge is 0.161 e. The molecular weight excluding hydrogens is 386 g/mol. The molecule has 1 fully saturated rings. The summed E-state index contributed by atoms with van der Waals surface area (Å²) in [5.41, 5.74) is 3.11. The van der Waals surface area contributed by atoms with Crippen LogP contribution in [0.4, 0.5) is 5.82 Å². The predicted molar refractivity (Wildman–Crippen MR) is 116 cm³/mol. The van der Waals surface area contributed by atoms with Crippen LogP contribution in [0.15, 0.2) is 24.5 Å². The lowest BCUT2D eigenvalue weighted by atomic mass is 10.0. The van der Waals surface area contributed by atoms with E-state index in [1.807, 2.05) is 18.2 Å². The highest BCUT2D eigenvalue weighted by Crippen LogP contribution is 2.43. The van der Waals surface area contributed by atoms with Crippen molar-refractivity contribution in [1.82, 2.24) is 9.97 Å². The number of fused-ring (bicyclic) bond motifs is 1. The van der Waals surface area contributed by atoms with E-state index in [0.717, 1.165) is 46.7 Å². The Morgan fingerprint density at radius 2 is 2.03 bits per heavy atom. The number of rotatable bonds is 6. The molecule has 0 saturated carbocycles. The molecule has 0 unspecified atom stereocenters. The van der Waals surface area contributed by atoms with Gasteiger partial charge in [0.1, 0.15) is 17.9 Å². The number of hydrogen-bond acceptors (Lipinski definition) is 7. The Hall–Kier alpha value is -2.67. The van der Waals surface area contributed by atoms with Gasteiger partial charge in [-0.3, -0.25) is 0 Å². The molecule has 0 spiro atoms. The van der Waals surface area contributed by atoms with Gasteiger partial charge in [-0.1, -0.05) is 6.07 Å². The fourth-order valence-electron chi connectivity index (χ4n) is 4.16. The van der Waals surface area contributed by atoms with E-state index in [9.17, 15) is 4.79 Å². The molecule has 7 heteroatoms. The van der Waals surface area contributed by atoms with Crippen LogP contribution in [-0.2, 0) is 4.79 Å². The normalized spacial score (nSPS) is 16.4. The van der Waals surface area contributed by atoms with Gasteiger partial charge >= 0.3 is 0 Å². The Morgan fingerprint density at radius 3 is 2.76 bits per heavy atom. The summed E-state index contributed by atoms with van der Waals surface area (Å²) >= 11 is 1.72. The van der Waals surface area contributed by atoms with Crippen LogP contribution in [-0.4, -0.2) is 43.1 Å². The molecule has 2 aromatic heterocycles. The highest BCUT2D eigenvalue weighted by atomic mass is 32.1. The van der Waals surface area contributed by atoms with E-state index in [1.165, 1.54) is 4.88 Å². The molecule has 0 amide bonds. The largest absolute Gasteiger partial charge is 0.493 e. The number of carbonyl (C=O) groups excluding carboxylic acids is 1. The SMILES string of the molecule is COc1ccc(-c2c(C)sc3c(N4CC[C@@H](CC(C)=O)C4)ncnc23)cc1OC. The quantitative estimate of drug-likeness (QED) is 0.595. The molecule has 1 atom stereocenters. The van der Waals surface area contributed by atoms with Crippen LogP contribution in [0.25, 0.3) is 21.3 Å². The molecule has 0 N–H and O–H groups in total. The number of carbonyl (C=O) groups is 1. The lowest BCUT2D eigenvalue weighted by Crippen LogP contribution is -2.21. The van der Waals surface area contributed by atoms with Crippen molar-refractivity contribution in [3.63, 3.8) is 0 Å². The molecule has 29 heavy (non-hydrogen) atoms. The fourth-order valence-corrected chi connectivity index (χ4v) is 5.31. The third kappa shape index (κ3) is 3.67. The summed E-state index contributed by atoms with van der Waals surface area (Å²) in [6.07, 6.45) is 3.31. The highest BCUT2D eigenvalue weighted by Gasteiger charge is 2.27. The highest BCUT2D eigenvalue weighted by molar-refractivity contribution is 7.20. The number of benzene rings is 1. The van der Waals surface area contributed by atoms with Gasteiger partial charge in [0.15, 0.2) is 11.5 Å². The Morgan fingerprint density at radius 1 is 1.24 bits per heavy atom. The summed E-state index contributed by atoms with van der Waals surface area (Å²) in [5.74, 6) is 3.04. The average molecular weight is 412 g/mol. The van der Waals surface area contributed by atoms with Crippen molar-refractivity contribution >= 4 is 33.2 Å². The lowest BCUT2D eigenvalue weighted by Gasteiger charge is -2.17. The second-order valence-corrected chi connectivity index (χ2v) is 8.71. The van der Waals surface area contributed by atoms with Gasteiger partial charge in [-0.2, -0.15) is 0 Å². The first-order valence-electron chi connectivity index (χ1n) is 9.72. The van der Waals surface area contributed by atoms with Crippen molar-refractivity contribution in [2.45, 2.75) is 26.7 Å². The van der Waals surface area contributed by atoms with Crippen molar-refractivity contribution in [3.05, 3.63) is 29.4 Å². The number of ketones is 1. The number of aryl methyl sites for hydroxylation is 1. The summed E-state index contributed by atoms with van der Waals surface area (Å²) in [6.45, 7) is 5.58. The zero-order valence-corrected chi connectivity index (χ0v) is 18.0. The van der Waals surface area contributed by atoms with Gasteiger partial charge in [0.05, 0.1) is 24.4 Å². The Labute approximate surface area is 174 Å². The number of hydrogen-bond donors (Lipinski definition) is 0. The lowest BCUT2D eigenvalue weighted by molar-refractivity contribution is -0.117. The Bertz CT molecular complexity index is 1060. The minimum absolute atomic E-state index is 0.257. The minimum Gasteiger partial charge on any atom is -0.493 e. The van der Waals surface area contributed by atoms with E-state index in [-0.39, 0.29) is 5.78 Å². The maximum atomic E-state index is 11.5. The number of aromatic nitrogens is 2. The average Bonchev–Trinajstić information content (AvgIpc) is 3.30. The van der Waals surface area contributed by atoms with Gasteiger partial charge in [-0.15, -0.1) is 11.3 Å². The second-order valence-electron chi connectivity index (χ2n) is 7.48. The summed E-state index contributed by atoms with van der Waals surface area (Å²) < 4.78 is 12.0. The molecule has 152 valence electrons. The molecule has 6 nitrogen and oxygen atoms in total. The first-order valence-corrected chi connectivity index (χ1v) is 10.5. The van der Waals surface area contributed by atoms with E-state index < -0.39 is 0 Å². The molecule has 0 radical (unpaired) electrons. The molecular formula is C22H25N3O3S. The van der Waals surface area contributed by atoms with Crippen molar-refractivity contribution in [3.8, 4) is 22.6 Å². The van der Waals surface area contributed by atoms with E-state index in [4.69, 9.17) is 9.47 Å². The molecule has 1 aliphatic heterocycles. The van der Waals surface area contributed by atoms with Gasteiger partial charge in [-0.25, -0.2) is 9.97 Å². The number of ether oxygens (including phenoxy) is 2. The van der Waals surface area contributed by atoms with E-state index in [1.54, 1.807) is 38.8 Å². The van der Waals surface area contributed by atoms with Crippen LogP contribution in [0.1, 0.15) is 24.6 Å². The van der Waals surface area contributed by atoms with Gasteiger partial charge in [0.2, 0.25) is 0 Å². The number of thiophene rings is 1. The topological polar surface area (TPSA) is 64.5 Å². The van der Waals surface area contributed by atoms with Crippen molar-refractivity contribution in [2.24, 2.45) is 5.92 Å². The molecule has 1 saturated heterocycles. The zero-order chi connectivity index (χ0) is 20.5. The van der Waals surface area contributed by atoms with Gasteiger partial charge in [0.25, 0.3) is 0 Å². The van der Waals surface area contributed by atoms with E-state index >= 15 is 0 Å². The number of anilines is 1. The molecule has 3 aromatic rings. The number of methoxy groups -OCH3 is 2. The van der Waals surface area contributed by atoms with E-state index in [0.29, 0.717) is 23.8 Å². The number of Topliss-reactive ketones (excluding diaryl/α,β-unsaturated/α-hetero) is 1. The van der Waals surface area contributed by atoms with Crippen molar-refractivity contribution < 1.29 is 14.3 Å². The molecule has 1 aromatic carbocycles. The maximum absolute atomic E-state index is 11.5. The van der Waals surface area contributed by atoms with Crippen LogP contribution in [0.2, 0.25) is 0 Å². The van der Waals surface area contributed by atoms with Crippen LogP contribution < -0.4 is 14.4 Å². The van der Waals surface area contributed by atoms with Crippen LogP contribution >= 0.6 is 11.3 Å². The van der Waals surface area contributed by atoms with Crippen LogP contribution in [0.5, 0.6) is 11.5 Å². The van der Waals surface area contributed by atoms with Crippen molar-refractivity contribution in [1.29, 1.82) is 0 Å². The Kier molecular flexibility index (Phi) is 5.41. The monoisotopic (exact) mass is 411 g/mol. The number of nitrogens with zero attached hydrogens (tertiary/aromatic N) is 3. The fraction of sp³-hybridized carbons (Fsp3) is 0.409. The third-order valence-electron chi connectivity index (χ3n) is 5.46. The summed E-state index contributed by atoms with van der Waals surface area (Å²) in [6, 6.07) is 5.95. The zero-order valence-electron chi connectivity index (χ0n) is 17.2. The summed E-state index contributed by atoms with van der Waals surface area (Å²) in [4.78, 5) is 24.2. The maximum Gasteiger partial charge on any atom is 0.161 e. The predicted octanol–water partition coefficient (Wildman–Crippen LogP) is 4.49. The molecule has 0 bridgehead atoms. The summed E-state index contributed by atoms with van der Waals surface area (Å²) in [5, 5.41) is 0. The van der Waals surface area contributed by atoms with Crippen LogP contribution in [0, 0.1) is 12.8 Å². The second kappa shape index (κ2) is 7.99. The van der Waals surface area contributed by atoms with E-state index in [2.05, 4.69) is 21.8 Å². The molecule has 3 heterocycles. The molecule has 0 aliphatic carbocycles. The van der Waals surface area contributed by atoms with Gasteiger partial charge < -0.3 is 19.2 Å². The minimum atomic E-state index is 0.257. The third-order valence-corrected chi connectivity index (χ3v) is 6.55. The van der Waals surface area contributed by atoms with Crippen molar-refractivity contribution in [2.75, 3.05) is 32.2 Å². The first kappa shape index (κ1) is 19.6.